The first-order valence-electron chi connectivity index (χ1n) is 9.21. The number of halogens is 1. The lowest BCUT2D eigenvalue weighted by molar-refractivity contribution is -0.115. The van der Waals surface area contributed by atoms with Crippen molar-refractivity contribution in [3.8, 4) is 0 Å². The molecule has 0 radical (unpaired) electrons. The van der Waals surface area contributed by atoms with Gasteiger partial charge in [-0.15, -0.1) is 0 Å². The largest absolute Gasteiger partial charge is 0.349 e. The minimum absolute atomic E-state index is 0.128. The summed E-state index contributed by atoms with van der Waals surface area (Å²) in [6, 6.07) is 5.23. The van der Waals surface area contributed by atoms with Crippen molar-refractivity contribution in [1.29, 1.82) is 0 Å². The molecule has 1 aliphatic rings. The van der Waals surface area contributed by atoms with Gasteiger partial charge in [-0.3, -0.25) is 9.59 Å². The first-order valence-corrected chi connectivity index (χ1v) is 9.59. The predicted molar refractivity (Wildman–Crippen MR) is 102 cm³/mol. The van der Waals surface area contributed by atoms with Crippen molar-refractivity contribution >= 4 is 29.1 Å². The van der Waals surface area contributed by atoms with E-state index in [-0.39, 0.29) is 24.4 Å². The summed E-state index contributed by atoms with van der Waals surface area (Å²) in [6.45, 7) is 3.18. The van der Waals surface area contributed by atoms with Gasteiger partial charge in [0.1, 0.15) is 0 Å². The maximum atomic E-state index is 12.5. The number of benzene rings is 1. The minimum Gasteiger partial charge on any atom is -0.349 e. The monoisotopic (exact) mass is 365 g/mol. The molecule has 2 rings (SSSR count). The molecule has 0 bridgehead atoms. The Morgan fingerprint density at radius 1 is 1.20 bits per heavy atom. The lowest BCUT2D eigenvalue weighted by atomic mass is 9.95. The molecule has 0 saturated heterocycles. The van der Waals surface area contributed by atoms with Crippen LogP contribution in [0.25, 0.3) is 0 Å². The van der Waals surface area contributed by atoms with E-state index in [1.807, 2.05) is 0 Å². The van der Waals surface area contributed by atoms with E-state index < -0.39 is 0 Å². The molecule has 6 heteroatoms. The summed E-state index contributed by atoms with van der Waals surface area (Å²) in [5.41, 5.74) is 0.990. The van der Waals surface area contributed by atoms with E-state index in [1.54, 1.807) is 18.2 Å². The number of carbonyl (C=O) groups is 2. The van der Waals surface area contributed by atoms with E-state index in [0.717, 1.165) is 45.1 Å². The maximum absolute atomic E-state index is 12.5. The average Bonchev–Trinajstić information content (AvgIpc) is 2.61. The summed E-state index contributed by atoms with van der Waals surface area (Å²) < 4.78 is 0. The second kappa shape index (κ2) is 10.4. The van der Waals surface area contributed by atoms with Crippen molar-refractivity contribution in [3.05, 3.63) is 28.8 Å². The normalized spacial score (nSPS) is 15.0. The van der Waals surface area contributed by atoms with E-state index in [4.69, 9.17) is 11.6 Å². The molecule has 0 unspecified atom stereocenters. The SMILES string of the molecule is CCCCNCC(=O)Nc1ccc(Cl)c(C(=O)NC2CCCCC2)c1. The molecule has 3 N–H and O–H groups in total. The number of hydrogen-bond acceptors (Lipinski definition) is 3. The molecule has 1 aromatic rings. The summed E-state index contributed by atoms with van der Waals surface area (Å²) in [5.74, 6) is -0.300. The van der Waals surface area contributed by atoms with Crippen LogP contribution in [0.15, 0.2) is 18.2 Å². The Hall–Kier alpha value is -1.59. The highest BCUT2D eigenvalue weighted by Crippen LogP contribution is 2.22. The molecule has 1 aromatic carbocycles. The lowest BCUT2D eigenvalue weighted by Crippen LogP contribution is -2.36. The van der Waals surface area contributed by atoms with Crippen molar-refractivity contribution < 1.29 is 9.59 Å². The van der Waals surface area contributed by atoms with Crippen LogP contribution in [-0.2, 0) is 4.79 Å². The van der Waals surface area contributed by atoms with Gasteiger partial charge in [0.2, 0.25) is 5.91 Å². The van der Waals surface area contributed by atoms with Crippen LogP contribution in [0.3, 0.4) is 0 Å². The number of unbranched alkanes of at least 4 members (excludes halogenated alkanes) is 1. The number of anilines is 1. The fraction of sp³-hybridized carbons (Fsp3) is 0.579. The molecule has 0 aliphatic heterocycles. The van der Waals surface area contributed by atoms with Crippen LogP contribution in [0.1, 0.15) is 62.2 Å². The Kier molecular flexibility index (Phi) is 8.22. The van der Waals surface area contributed by atoms with E-state index in [0.29, 0.717) is 16.3 Å². The van der Waals surface area contributed by atoms with Crippen LogP contribution in [0.2, 0.25) is 5.02 Å². The highest BCUT2D eigenvalue weighted by atomic mass is 35.5. The maximum Gasteiger partial charge on any atom is 0.253 e. The molecule has 25 heavy (non-hydrogen) atoms. The first kappa shape index (κ1) is 19.7. The van der Waals surface area contributed by atoms with Gasteiger partial charge in [-0.05, 0) is 44.0 Å². The number of amides is 2. The molecular formula is C19H28ClN3O2. The highest BCUT2D eigenvalue weighted by molar-refractivity contribution is 6.34. The van der Waals surface area contributed by atoms with Crippen LogP contribution in [0.5, 0.6) is 0 Å². The minimum atomic E-state index is -0.172. The molecule has 0 spiro atoms. The summed E-state index contributed by atoms with van der Waals surface area (Å²) >= 11 is 6.18. The predicted octanol–water partition coefficient (Wildman–Crippen LogP) is 3.73. The Morgan fingerprint density at radius 3 is 2.68 bits per heavy atom. The van der Waals surface area contributed by atoms with E-state index in [1.165, 1.54) is 6.42 Å². The molecule has 5 nitrogen and oxygen atoms in total. The average molecular weight is 366 g/mol. The van der Waals surface area contributed by atoms with Crippen molar-refractivity contribution in [2.24, 2.45) is 0 Å². The van der Waals surface area contributed by atoms with Crippen molar-refractivity contribution in [2.75, 3.05) is 18.4 Å². The first-order chi connectivity index (χ1) is 12.1. The van der Waals surface area contributed by atoms with E-state index in [2.05, 4.69) is 22.9 Å². The van der Waals surface area contributed by atoms with Crippen molar-refractivity contribution in [3.63, 3.8) is 0 Å². The van der Waals surface area contributed by atoms with Gasteiger partial charge in [0.05, 0.1) is 17.1 Å². The smallest absolute Gasteiger partial charge is 0.253 e. The highest BCUT2D eigenvalue weighted by Gasteiger charge is 2.18. The Bertz CT molecular complexity index is 586. The third-order valence-electron chi connectivity index (χ3n) is 4.43. The van der Waals surface area contributed by atoms with Gasteiger partial charge in [0.15, 0.2) is 0 Å². The van der Waals surface area contributed by atoms with Gasteiger partial charge in [0, 0.05) is 11.7 Å². The van der Waals surface area contributed by atoms with E-state index in [9.17, 15) is 9.59 Å². The second-order valence-electron chi connectivity index (χ2n) is 6.58. The lowest BCUT2D eigenvalue weighted by Gasteiger charge is -2.23. The van der Waals surface area contributed by atoms with Gasteiger partial charge < -0.3 is 16.0 Å². The van der Waals surface area contributed by atoms with Crippen molar-refractivity contribution in [2.45, 2.75) is 57.9 Å². The fourth-order valence-electron chi connectivity index (χ4n) is 3.00. The molecule has 1 aliphatic carbocycles. The molecule has 0 heterocycles. The topological polar surface area (TPSA) is 70.2 Å². The summed E-state index contributed by atoms with van der Waals surface area (Å²) in [5, 5.41) is 9.35. The summed E-state index contributed by atoms with van der Waals surface area (Å²) in [4.78, 5) is 24.4. The number of rotatable bonds is 8. The fourth-order valence-corrected chi connectivity index (χ4v) is 3.20. The molecule has 0 aromatic heterocycles. The zero-order valence-corrected chi connectivity index (χ0v) is 15.6. The zero-order chi connectivity index (χ0) is 18.1. The van der Waals surface area contributed by atoms with Crippen LogP contribution >= 0.6 is 11.6 Å². The summed E-state index contributed by atoms with van der Waals surface area (Å²) in [6.07, 6.45) is 7.71. The number of nitrogens with one attached hydrogen (secondary N) is 3. The van der Waals surface area contributed by atoms with Crippen molar-refractivity contribution in [1.82, 2.24) is 10.6 Å². The van der Waals surface area contributed by atoms with Gasteiger partial charge in [-0.1, -0.05) is 44.2 Å². The number of hydrogen-bond donors (Lipinski definition) is 3. The molecule has 1 fully saturated rings. The third kappa shape index (κ3) is 6.67. The Morgan fingerprint density at radius 2 is 1.96 bits per heavy atom. The Labute approximate surface area is 154 Å². The van der Waals surface area contributed by atoms with Crippen LogP contribution in [-0.4, -0.2) is 30.9 Å². The summed E-state index contributed by atoms with van der Waals surface area (Å²) in [7, 11) is 0. The molecule has 2 amide bonds. The quantitative estimate of drug-likeness (QED) is 0.615. The molecule has 138 valence electrons. The van der Waals surface area contributed by atoms with Crippen LogP contribution < -0.4 is 16.0 Å². The standard InChI is InChI=1S/C19H28ClN3O2/c1-2-3-11-21-13-18(24)22-15-9-10-17(20)16(12-15)19(25)23-14-7-5-4-6-8-14/h9-10,12,14,21H,2-8,11,13H2,1H3,(H,22,24)(H,23,25). The van der Waals surface area contributed by atoms with Crippen LogP contribution in [0.4, 0.5) is 5.69 Å². The third-order valence-corrected chi connectivity index (χ3v) is 4.76. The molecule has 0 atom stereocenters. The second-order valence-corrected chi connectivity index (χ2v) is 6.99. The molecule has 1 saturated carbocycles. The Balaban J connectivity index is 1.92. The van der Waals surface area contributed by atoms with Gasteiger partial charge in [0.25, 0.3) is 5.91 Å². The van der Waals surface area contributed by atoms with E-state index >= 15 is 0 Å². The zero-order valence-electron chi connectivity index (χ0n) is 14.9. The van der Waals surface area contributed by atoms with Gasteiger partial charge in [-0.2, -0.15) is 0 Å². The van der Waals surface area contributed by atoms with Gasteiger partial charge in [-0.25, -0.2) is 0 Å². The van der Waals surface area contributed by atoms with Gasteiger partial charge >= 0.3 is 0 Å². The molecular weight excluding hydrogens is 338 g/mol. The number of carbonyl (C=O) groups excluding carboxylic acids is 2. The van der Waals surface area contributed by atoms with Crippen LogP contribution in [0, 0.1) is 0 Å².